The van der Waals surface area contributed by atoms with Crippen molar-refractivity contribution in [2.45, 2.75) is 33.1 Å². The summed E-state index contributed by atoms with van der Waals surface area (Å²) in [7, 11) is 0. The van der Waals surface area contributed by atoms with E-state index in [0.717, 1.165) is 35.9 Å². The normalized spacial score (nSPS) is 10.5. The molecule has 0 spiro atoms. The van der Waals surface area contributed by atoms with Crippen LogP contribution < -0.4 is 5.32 Å². The van der Waals surface area contributed by atoms with Gasteiger partial charge in [0.25, 0.3) is 17.3 Å². The van der Waals surface area contributed by atoms with Crippen LogP contribution in [-0.4, -0.2) is 44.6 Å². The molecule has 1 aromatic heterocycles. The number of nitro groups is 2. The summed E-state index contributed by atoms with van der Waals surface area (Å²) in [6.07, 6.45) is 3.91. The zero-order valence-electron chi connectivity index (χ0n) is 16.5. The number of hydrogen-bond acceptors (Lipinski definition) is 8. The van der Waals surface area contributed by atoms with Crippen LogP contribution in [0.5, 0.6) is 0 Å². The lowest BCUT2D eigenvalue weighted by Gasteiger charge is -2.22. The number of anilines is 1. The van der Waals surface area contributed by atoms with Crippen molar-refractivity contribution in [3.63, 3.8) is 0 Å². The van der Waals surface area contributed by atoms with Crippen LogP contribution in [0.4, 0.5) is 16.5 Å². The average Bonchev–Trinajstić information content (AvgIpc) is 3.10. The van der Waals surface area contributed by atoms with Crippen LogP contribution in [0.25, 0.3) is 0 Å². The number of nitro benzene ring substituents is 2. The fourth-order valence-corrected chi connectivity index (χ4v) is 3.34. The van der Waals surface area contributed by atoms with Gasteiger partial charge in [-0.15, -0.1) is 11.3 Å². The molecule has 0 bridgehead atoms. The molecule has 0 radical (unpaired) electrons. The molecule has 30 heavy (non-hydrogen) atoms. The number of unbranched alkanes of at least 4 members (excludes halogenated alkanes) is 2. The minimum Gasteiger partial charge on any atom is -0.329 e. The quantitative estimate of drug-likeness (QED) is 0.341. The van der Waals surface area contributed by atoms with Gasteiger partial charge >= 0.3 is 0 Å². The highest BCUT2D eigenvalue weighted by Gasteiger charge is 2.24. The Balaban J connectivity index is 2.26. The maximum absolute atomic E-state index is 13.0. The molecule has 1 heterocycles. The molecule has 0 aliphatic carbocycles. The van der Waals surface area contributed by atoms with Crippen molar-refractivity contribution in [1.29, 1.82) is 0 Å². The minimum atomic E-state index is -0.803. The van der Waals surface area contributed by atoms with Crippen LogP contribution >= 0.6 is 11.3 Å². The number of carbonyl (C=O) groups excluding carboxylic acids is 2. The van der Waals surface area contributed by atoms with Gasteiger partial charge in [-0.05, 0) is 13.3 Å². The SMILES string of the molecule is CCCCCN(CC(=O)Nc1ncc(C)s1)C(=O)c1cc([N+](=O)[O-])cc([N+](=O)[O-])c1. The molecule has 1 N–H and O–H groups in total. The standard InChI is InChI=1S/C18H21N5O6S/c1-3-4-5-6-21(11-16(24)20-18-19-10-12(2)30-18)17(25)13-7-14(22(26)27)9-15(8-13)23(28)29/h7-10H,3-6,11H2,1-2H3,(H,19,20,24). The highest BCUT2D eigenvalue weighted by Crippen LogP contribution is 2.24. The van der Waals surface area contributed by atoms with Gasteiger partial charge in [0.05, 0.1) is 21.5 Å². The second kappa shape index (κ2) is 10.4. The van der Waals surface area contributed by atoms with Crippen molar-refractivity contribution >= 4 is 39.7 Å². The highest BCUT2D eigenvalue weighted by atomic mass is 32.1. The third-order valence-electron chi connectivity index (χ3n) is 4.09. The van der Waals surface area contributed by atoms with Crippen molar-refractivity contribution in [3.8, 4) is 0 Å². The number of nitrogens with zero attached hydrogens (tertiary/aromatic N) is 4. The average molecular weight is 435 g/mol. The van der Waals surface area contributed by atoms with Crippen molar-refractivity contribution in [2.24, 2.45) is 0 Å². The lowest BCUT2D eigenvalue weighted by Crippen LogP contribution is -2.38. The van der Waals surface area contributed by atoms with Gasteiger partial charge in [0.15, 0.2) is 5.13 Å². The molecule has 0 unspecified atom stereocenters. The summed E-state index contributed by atoms with van der Waals surface area (Å²) < 4.78 is 0. The number of non-ortho nitro benzene ring substituents is 2. The van der Waals surface area contributed by atoms with Crippen LogP contribution in [0.15, 0.2) is 24.4 Å². The molecule has 11 nitrogen and oxygen atoms in total. The van der Waals surface area contributed by atoms with E-state index in [1.165, 1.54) is 16.2 Å². The van der Waals surface area contributed by atoms with E-state index in [2.05, 4.69) is 10.3 Å². The van der Waals surface area contributed by atoms with Crippen molar-refractivity contribution < 1.29 is 19.4 Å². The first-order valence-corrected chi connectivity index (χ1v) is 9.98. The van der Waals surface area contributed by atoms with Crippen molar-refractivity contribution in [3.05, 3.63) is 55.1 Å². The number of hydrogen-bond donors (Lipinski definition) is 1. The van der Waals surface area contributed by atoms with E-state index in [4.69, 9.17) is 0 Å². The number of carbonyl (C=O) groups is 2. The predicted molar refractivity (Wildman–Crippen MR) is 111 cm³/mol. The molecular weight excluding hydrogens is 414 g/mol. The molecule has 2 amide bonds. The molecule has 2 rings (SSSR count). The number of amides is 2. The summed E-state index contributed by atoms with van der Waals surface area (Å²) in [6, 6.07) is 2.74. The van der Waals surface area contributed by atoms with Gasteiger partial charge in [-0.3, -0.25) is 29.8 Å². The van der Waals surface area contributed by atoms with E-state index in [1.54, 1.807) is 6.20 Å². The van der Waals surface area contributed by atoms with Gasteiger partial charge in [-0.25, -0.2) is 4.98 Å². The zero-order chi connectivity index (χ0) is 22.3. The molecule has 0 fully saturated rings. The zero-order valence-corrected chi connectivity index (χ0v) is 17.3. The number of aromatic nitrogens is 1. The molecule has 2 aromatic rings. The Morgan fingerprint density at radius 1 is 1.13 bits per heavy atom. The first-order chi connectivity index (χ1) is 14.2. The van der Waals surface area contributed by atoms with Gasteiger partial charge < -0.3 is 10.2 Å². The Morgan fingerprint density at radius 3 is 2.27 bits per heavy atom. The Kier molecular flexibility index (Phi) is 7.92. The fourth-order valence-electron chi connectivity index (χ4n) is 2.66. The number of rotatable bonds is 10. The summed E-state index contributed by atoms with van der Waals surface area (Å²) in [5.74, 6) is -1.17. The fraction of sp³-hybridized carbons (Fsp3) is 0.389. The summed E-state index contributed by atoms with van der Waals surface area (Å²) in [4.78, 5) is 52.1. The number of benzene rings is 1. The largest absolute Gasteiger partial charge is 0.329 e. The molecule has 160 valence electrons. The Hall–Kier alpha value is -3.41. The maximum atomic E-state index is 13.0. The molecule has 0 aliphatic heterocycles. The number of aryl methyl sites for hydroxylation is 1. The van der Waals surface area contributed by atoms with Crippen molar-refractivity contribution in [1.82, 2.24) is 9.88 Å². The van der Waals surface area contributed by atoms with Crippen LogP contribution in [-0.2, 0) is 4.79 Å². The van der Waals surface area contributed by atoms with E-state index in [0.29, 0.717) is 11.6 Å². The molecule has 0 aliphatic rings. The minimum absolute atomic E-state index is 0.217. The molecule has 0 saturated heterocycles. The maximum Gasteiger partial charge on any atom is 0.277 e. The third-order valence-corrected chi connectivity index (χ3v) is 4.92. The smallest absolute Gasteiger partial charge is 0.277 e. The van der Waals surface area contributed by atoms with E-state index in [1.807, 2.05) is 13.8 Å². The second-order valence-corrected chi connectivity index (χ2v) is 7.75. The first kappa shape index (κ1) is 22.9. The lowest BCUT2D eigenvalue weighted by atomic mass is 10.1. The Morgan fingerprint density at radius 2 is 1.77 bits per heavy atom. The van der Waals surface area contributed by atoms with Gasteiger partial charge in [-0.2, -0.15) is 0 Å². The summed E-state index contributed by atoms with van der Waals surface area (Å²) in [5.41, 5.74) is -1.35. The van der Waals surface area contributed by atoms with Crippen LogP contribution in [0.1, 0.15) is 41.4 Å². The van der Waals surface area contributed by atoms with E-state index in [-0.39, 0.29) is 18.7 Å². The Labute approximate surface area is 176 Å². The topological polar surface area (TPSA) is 149 Å². The molecule has 1 aromatic carbocycles. The summed E-state index contributed by atoms with van der Waals surface area (Å²) in [5, 5.41) is 25.2. The van der Waals surface area contributed by atoms with E-state index < -0.39 is 33.0 Å². The molecular formula is C18H21N5O6S. The van der Waals surface area contributed by atoms with Crippen LogP contribution in [0, 0.1) is 27.2 Å². The van der Waals surface area contributed by atoms with E-state index in [9.17, 15) is 29.8 Å². The first-order valence-electron chi connectivity index (χ1n) is 9.16. The highest BCUT2D eigenvalue weighted by molar-refractivity contribution is 7.15. The van der Waals surface area contributed by atoms with Gasteiger partial charge in [0.1, 0.15) is 6.54 Å². The van der Waals surface area contributed by atoms with Gasteiger partial charge in [-0.1, -0.05) is 19.8 Å². The molecule has 0 saturated carbocycles. The van der Waals surface area contributed by atoms with Crippen LogP contribution in [0.2, 0.25) is 0 Å². The third kappa shape index (κ3) is 6.30. The molecule has 0 atom stereocenters. The van der Waals surface area contributed by atoms with Gasteiger partial charge in [0.2, 0.25) is 5.91 Å². The van der Waals surface area contributed by atoms with Gasteiger partial charge in [0, 0.05) is 29.8 Å². The van der Waals surface area contributed by atoms with Crippen molar-refractivity contribution in [2.75, 3.05) is 18.4 Å². The molecule has 12 heteroatoms. The predicted octanol–water partition coefficient (Wildman–Crippen LogP) is 3.54. The number of thiazole rings is 1. The number of nitrogens with one attached hydrogen (secondary N) is 1. The lowest BCUT2D eigenvalue weighted by molar-refractivity contribution is -0.394. The Bertz CT molecular complexity index is 928. The monoisotopic (exact) mass is 435 g/mol. The summed E-state index contributed by atoms with van der Waals surface area (Å²) >= 11 is 1.28. The summed E-state index contributed by atoms with van der Waals surface area (Å²) in [6.45, 7) is 3.74. The van der Waals surface area contributed by atoms with E-state index >= 15 is 0 Å². The second-order valence-electron chi connectivity index (χ2n) is 6.51. The van der Waals surface area contributed by atoms with Crippen LogP contribution in [0.3, 0.4) is 0 Å².